The Morgan fingerprint density at radius 1 is 1.31 bits per heavy atom. The van der Waals surface area contributed by atoms with Crippen molar-refractivity contribution in [2.75, 3.05) is 6.61 Å². The number of rotatable bonds is 1. The molecular weight excluding hydrogens is 212 g/mol. The van der Waals surface area contributed by atoms with Gasteiger partial charge >= 0.3 is 0 Å². The van der Waals surface area contributed by atoms with E-state index in [0.717, 1.165) is 6.42 Å². The molecule has 16 heavy (non-hydrogen) atoms. The lowest BCUT2D eigenvalue weighted by Gasteiger charge is -2.27. The first-order valence-corrected chi connectivity index (χ1v) is 5.19. The summed E-state index contributed by atoms with van der Waals surface area (Å²) < 4.78 is 32.4. The van der Waals surface area contributed by atoms with Gasteiger partial charge in [0.1, 0.15) is 17.7 Å². The molecule has 2 atom stereocenters. The normalized spacial score (nSPS) is 25.1. The van der Waals surface area contributed by atoms with Crippen molar-refractivity contribution in [2.45, 2.75) is 18.9 Å². The van der Waals surface area contributed by atoms with Gasteiger partial charge in [0.15, 0.2) is 0 Å². The van der Waals surface area contributed by atoms with Crippen LogP contribution in [0.25, 0.3) is 0 Å². The fraction of sp³-hybridized carbons (Fsp3) is 0.417. The van der Waals surface area contributed by atoms with Crippen molar-refractivity contribution in [1.29, 1.82) is 5.26 Å². The second kappa shape index (κ2) is 4.58. The molecule has 2 rings (SSSR count). The molecule has 0 aromatic heterocycles. The Labute approximate surface area is 92.5 Å². The van der Waals surface area contributed by atoms with E-state index in [1.807, 2.05) is 6.07 Å². The molecule has 0 amide bonds. The standard InChI is InChI=1S/C12H11F2NO/c13-9-4-1-5-10(14)11(9)12-8(7-15)3-2-6-16-12/h1,4-5,8,12H,2-3,6H2. The summed E-state index contributed by atoms with van der Waals surface area (Å²) in [4.78, 5) is 0. The van der Waals surface area contributed by atoms with Crippen LogP contribution in [0.15, 0.2) is 18.2 Å². The molecule has 0 spiro atoms. The minimum absolute atomic E-state index is 0.117. The number of nitrogens with zero attached hydrogens (tertiary/aromatic N) is 1. The van der Waals surface area contributed by atoms with E-state index >= 15 is 0 Å². The van der Waals surface area contributed by atoms with Crippen molar-refractivity contribution < 1.29 is 13.5 Å². The van der Waals surface area contributed by atoms with Crippen LogP contribution in [0.1, 0.15) is 24.5 Å². The molecule has 0 saturated carbocycles. The number of halogens is 2. The number of ether oxygens (including phenoxy) is 1. The van der Waals surface area contributed by atoms with Gasteiger partial charge in [0.05, 0.1) is 17.6 Å². The van der Waals surface area contributed by atoms with Crippen LogP contribution in [-0.2, 0) is 4.74 Å². The summed E-state index contributed by atoms with van der Waals surface area (Å²) in [5.41, 5.74) is -0.117. The molecule has 4 heteroatoms. The van der Waals surface area contributed by atoms with Gasteiger partial charge in [0, 0.05) is 6.61 Å². The summed E-state index contributed by atoms with van der Waals surface area (Å²) in [6, 6.07) is 5.72. The summed E-state index contributed by atoms with van der Waals surface area (Å²) in [6.07, 6.45) is 0.597. The molecular formula is C12H11F2NO. The van der Waals surface area contributed by atoms with E-state index < -0.39 is 23.7 Å². The topological polar surface area (TPSA) is 33.0 Å². The van der Waals surface area contributed by atoms with Gasteiger partial charge < -0.3 is 4.74 Å². The van der Waals surface area contributed by atoms with Crippen LogP contribution in [0, 0.1) is 28.9 Å². The van der Waals surface area contributed by atoms with E-state index in [4.69, 9.17) is 10.00 Å². The zero-order valence-electron chi connectivity index (χ0n) is 8.62. The molecule has 1 aliphatic rings. The molecule has 0 aliphatic carbocycles. The maximum absolute atomic E-state index is 13.5. The molecule has 2 nitrogen and oxygen atoms in total. The first-order valence-electron chi connectivity index (χ1n) is 5.19. The summed E-state index contributed by atoms with van der Waals surface area (Å²) in [5, 5.41) is 8.93. The Bertz CT molecular complexity index is 407. The second-order valence-electron chi connectivity index (χ2n) is 3.80. The van der Waals surface area contributed by atoms with Crippen molar-refractivity contribution in [3.05, 3.63) is 35.4 Å². The van der Waals surface area contributed by atoms with Gasteiger partial charge in [-0.1, -0.05) is 6.07 Å². The van der Waals surface area contributed by atoms with Gasteiger partial charge in [-0.05, 0) is 25.0 Å². The number of hydrogen-bond acceptors (Lipinski definition) is 2. The lowest BCUT2D eigenvalue weighted by atomic mass is 9.90. The molecule has 1 aromatic rings. The average Bonchev–Trinajstić information content (AvgIpc) is 2.29. The Morgan fingerprint density at radius 3 is 2.62 bits per heavy atom. The fourth-order valence-electron chi connectivity index (χ4n) is 1.98. The monoisotopic (exact) mass is 223 g/mol. The second-order valence-corrected chi connectivity index (χ2v) is 3.80. The summed E-state index contributed by atoms with van der Waals surface area (Å²) in [6.45, 7) is 0.441. The molecule has 1 heterocycles. The first-order chi connectivity index (χ1) is 7.74. The predicted molar refractivity (Wildman–Crippen MR) is 53.4 cm³/mol. The van der Waals surface area contributed by atoms with Crippen LogP contribution in [0.3, 0.4) is 0 Å². The third-order valence-electron chi connectivity index (χ3n) is 2.77. The minimum atomic E-state index is -0.778. The Morgan fingerprint density at radius 2 is 2.00 bits per heavy atom. The highest BCUT2D eigenvalue weighted by molar-refractivity contribution is 5.24. The van der Waals surface area contributed by atoms with Gasteiger partial charge in [0.2, 0.25) is 0 Å². The molecule has 0 N–H and O–H groups in total. The summed E-state index contributed by atoms with van der Waals surface area (Å²) in [5.74, 6) is -1.76. The van der Waals surface area contributed by atoms with Gasteiger partial charge in [-0.15, -0.1) is 0 Å². The van der Waals surface area contributed by atoms with Crippen molar-refractivity contribution in [3.8, 4) is 6.07 Å². The highest BCUT2D eigenvalue weighted by atomic mass is 19.1. The van der Waals surface area contributed by atoms with Crippen LogP contribution < -0.4 is 0 Å². The third kappa shape index (κ3) is 1.91. The van der Waals surface area contributed by atoms with Crippen LogP contribution in [0.2, 0.25) is 0 Å². The van der Waals surface area contributed by atoms with E-state index in [1.165, 1.54) is 18.2 Å². The predicted octanol–water partition coefficient (Wildman–Crippen LogP) is 2.96. The first kappa shape index (κ1) is 11.0. The van der Waals surface area contributed by atoms with Gasteiger partial charge in [-0.3, -0.25) is 0 Å². The maximum Gasteiger partial charge on any atom is 0.132 e. The van der Waals surface area contributed by atoms with Crippen molar-refractivity contribution >= 4 is 0 Å². The van der Waals surface area contributed by atoms with E-state index in [9.17, 15) is 8.78 Å². The summed E-state index contributed by atoms with van der Waals surface area (Å²) >= 11 is 0. The summed E-state index contributed by atoms with van der Waals surface area (Å²) in [7, 11) is 0. The average molecular weight is 223 g/mol. The van der Waals surface area contributed by atoms with Crippen molar-refractivity contribution in [1.82, 2.24) is 0 Å². The number of nitriles is 1. The highest BCUT2D eigenvalue weighted by Gasteiger charge is 2.31. The number of hydrogen-bond donors (Lipinski definition) is 0. The van der Waals surface area contributed by atoms with Crippen molar-refractivity contribution in [2.24, 2.45) is 5.92 Å². The van der Waals surface area contributed by atoms with Gasteiger partial charge in [-0.25, -0.2) is 8.78 Å². The Kier molecular flexibility index (Phi) is 3.16. The SMILES string of the molecule is N#CC1CCCOC1c1c(F)cccc1F. The lowest BCUT2D eigenvalue weighted by molar-refractivity contribution is -0.0142. The quantitative estimate of drug-likeness (QED) is 0.733. The minimum Gasteiger partial charge on any atom is -0.372 e. The molecule has 1 aromatic carbocycles. The van der Waals surface area contributed by atoms with Gasteiger partial charge in [0.25, 0.3) is 0 Å². The van der Waals surface area contributed by atoms with E-state index in [2.05, 4.69) is 0 Å². The molecule has 1 saturated heterocycles. The van der Waals surface area contributed by atoms with Gasteiger partial charge in [-0.2, -0.15) is 5.26 Å². The molecule has 0 radical (unpaired) electrons. The molecule has 0 bridgehead atoms. The van der Waals surface area contributed by atoms with E-state index in [1.54, 1.807) is 0 Å². The third-order valence-corrected chi connectivity index (χ3v) is 2.77. The Hall–Kier alpha value is -1.47. The van der Waals surface area contributed by atoms with E-state index in [0.29, 0.717) is 13.0 Å². The fourth-order valence-corrected chi connectivity index (χ4v) is 1.98. The molecule has 2 unspecified atom stereocenters. The van der Waals surface area contributed by atoms with Crippen LogP contribution in [0.4, 0.5) is 8.78 Å². The van der Waals surface area contributed by atoms with Crippen LogP contribution in [-0.4, -0.2) is 6.61 Å². The Balaban J connectivity index is 2.39. The zero-order valence-corrected chi connectivity index (χ0v) is 8.62. The molecule has 1 fully saturated rings. The highest BCUT2D eigenvalue weighted by Crippen LogP contribution is 2.35. The van der Waals surface area contributed by atoms with Crippen LogP contribution >= 0.6 is 0 Å². The van der Waals surface area contributed by atoms with E-state index in [-0.39, 0.29) is 5.56 Å². The molecule has 1 aliphatic heterocycles. The maximum atomic E-state index is 13.5. The number of benzene rings is 1. The zero-order chi connectivity index (χ0) is 11.5. The van der Waals surface area contributed by atoms with Crippen molar-refractivity contribution in [3.63, 3.8) is 0 Å². The molecule has 84 valence electrons. The lowest BCUT2D eigenvalue weighted by Crippen LogP contribution is -2.23. The van der Waals surface area contributed by atoms with Crippen LogP contribution in [0.5, 0.6) is 0 Å². The smallest absolute Gasteiger partial charge is 0.132 e. The largest absolute Gasteiger partial charge is 0.372 e.